The molecule has 0 heterocycles. The van der Waals surface area contributed by atoms with Crippen LogP contribution in [0.1, 0.15) is 28.4 Å². The SMILES string of the molecule is CCOC(=O)c1ccc(NC(=O)/C(C#N)=C/c2cc(OC)c(OCc3cccc4ccccc34)cc2Br)cc1. The molecule has 4 rings (SSSR count). The number of fused-ring (bicyclic) bond motifs is 1. The first-order chi connectivity index (χ1) is 18.9. The fourth-order valence-corrected chi connectivity index (χ4v) is 4.35. The molecule has 4 aromatic carbocycles. The molecule has 0 aliphatic carbocycles. The fraction of sp³-hybridized carbons (Fsp3) is 0.129. The topological polar surface area (TPSA) is 97.7 Å². The number of benzene rings is 4. The van der Waals surface area contributed by atoms with Crippen LogP contribution >= 0.6 is 15.9 Å². The molecule has 0 aliphatic heterocycles. The highest BCUT2D eigenvalue weighted by Crippen LogP contribution is 2.35. The molecule has 0 aromatic heterocycles. The van der Waals surface area contributed by atoms with E-state index in [1.807, 2.05) is 30.3 Å². The van der Waals surface area contributed by atoms with Crippen molar-refractivity contribution in [2.24, 2.45) is 0 Å². The highest BCUT2D eigenvalue weighted by Gasteiger charge is 2.15. The quantitative estimate of drug-likeness (QED) is 0.130. The standard InChI is InChI=1S/C31H25BrN2O5/c1-3-38-31(36)21-11-13-25(14-12-21)34-30(35)24(18-33)15-23-16-28(37-2)29(17-27(23)32)39-19-22-9-6-8-20-7-4-5-10-26(20)22/h4-17H,3,19H2,1-2H3,(H,34,35)/b24-15+. The molecule has 0 saturated heterocycles. The minimum atomic E-state index is -0.594. The summed E-state index contributed by atoms with van der Waals surface area (Å²) < 4.78 is 17.2. The maximum atomic E-state index is 12.8. The molecule has 8 heteroatoms. The molecule has 39 heavy (non-hydrogen) atoms. The van der Waals surface area contributed by atoms with Gasteiger partial charge in [0.05, 0.1) is 19.3 Å². The third-order valence-electron chi connectivity index (χ3n) is 5.86. The van der Waals surface area contributed by atoms with Gasteiger partial charge in [-0.05, 0) is 71.3 Å². The summed E-state index contributed by atoms with van der Waals surface area (Å²) in [5.74, 6) is -0.0732. The molecule has 1 amide bonds. The first-order valence-corrected chi connectivity index (χ1v) is 12.9. The number of nitriles is 1. The van der Waals surface area contributed by atoms with Crippen molar-refractivity contribution in [1.29, 1.82) is 5.26 Å². The van der Waals surface area contributed by atoms with Crippen molar-refractivity contribution in [2.45, 2.75) is 13.5 Å². The molecular weight excluding hydrogens is 560 g/mol. The maximum absolute atomic E-state index is 12.8. The number of hydrogen-bond donors (Lipinski definition) is 1. The normalized spacial score (nSPS) is 11.0. The van der Waals surface area contributed by atoms with Gasteiger partial charge in [-0.1, -0.05) is 58.4 Å². The van der Waals surface area contributed by atoms with Gasteiger partial charge in [-0.2, -0.15) is 5.26 Å². The van der Waals surface area contributed by atoms with Gasteiger partial charge in [0.25, 0.3) is 5.91 Å². The monoisotopic (exact) mass is 584 g/mol. The molecule has 0 saturated carbocycles. The van der Waals surface area contributed by atoms with Crippen molar-refractivity contribution in [3.63, 3.8) is 0 Å². The number of anilines is 1. The number of nitrogens with zero attached hydrogens (tertiary/aromatic N) is 1. The van der Waals surface area contributed by atoms with Crippen LogP contribution in [0, 0.1) is 11.3 Å². The van der Waals surface area contributed by atoms with Gasteiger partial charge in [0.1, 0.15) is 18.2 Å². The van der Waals surface area contributed by atoms with E-state index < -0.39 is 11.9 Å². The van der Waals surface area contributed by atoms with Gasteiger partial charge in [0.15, 0.2) is 11.5 Å². The average molecular weight is 585 g/mol. The van der Waals surface area contributed by atoms with Crippen LogP contribution in [0.15, 0.2) is 88.9 Å². The third-order valence-corrected chi connectivity index (χ3v) is 6.55. The molecule has 0 fully saturated rings. The Morgan fingerprint density at radius 3 is 2.46 bits per heavy atom. The van der Waals surface area contributed by atoms with E-state index in [1.54, 1.807) is 43.3 Å². The maximum Gasteiger partial charge on any atom is 0.338 e. The van der Waals surface area contributed by atoms with Crippen molar-refractivity contribution in [2.75, 3.05) is 19.0 Å². The van der Waals surface area contributed by atoms with E-state index in [0.717, 1.165) is 16.3 Å². The van der Waals surface area contributed by atoms with Gasteiger partial charge in [-0.15, -0.1) is 0 Å². The molecule has 196 valence electrons. The number of nitrogens with one attached hydrogen (secondary N) is 1. The second kappa shape index (κ2) is 12.8. The van der Waals surface area contributed by atoms with Gasteiger partial charge < -0.3 is 19.5 Å². The lowest BCUT2D eigenvalue weighted by molar-refractivity contribution is -0.112. The molecule has 4 aromatic rings. The summed E-state index contributed by atoms with van der Waals surface area (Å²) >= 11 is 3.52. The Hall–Kier alpha value is -4.61. The van der Waals surface area contributed by atoms with E-state index in [1.165, 1.54) is 13.2 Å². The zero-order chi connectivity index (χ0) is 27.8. The van der Waals surface area contributed by atoms with Crippen molar-refractivity contribution >= 4 is 50.3 Å². The Balaban J connectivity index is 1.51. The first kappa shape index (κ1) is 27.4. The largest absolute Gasteiger partial charge is 0.493 e. The Labute approximate surface area is 234 Å². The van der Waals surface area contributed by atoms with Crippen molar-refractivity contribution in [3.05, 3.63) is 106 Å². The smallest absolute Gasteiger partial charge is 0.338 e. The third kappa shape index (κ3) is 6.64. The predicted octanol–water partition coefficient (Wildman–Crippen LogP) is 6.91. The summed E-state index contributed by atoms with van der Waals surface area (Å²) in [5.41, 5.74) is 2.28. The van der Waals surface area contributed by atoms with Crippen LogP contribution in [-0.4, -0.2) is 25.6 Å². The lowest BCUT2D eigenvalue weighted by Crippen LogP contribution is -2.13. The summed E-state index contributed by atoms with van der Waals surface area (Å²) in [6.45, 7) is 2.33. The Kier molecular flexibility index (Phi) is 8.97. The van der Waals surface area contributed by atoms with Crippen LogP contribution in [0.4, 0.5) is 5.69 Å². The molecule has 0 radical (unpaired) electrons. The van der Waals surface area contributed by atoms with Crippen LogP contribution in [0.2, 0.25) is 0 Å². The number of amides is 1. The Morgan fingerprint density at radius 1 is 1.00 bits per heavy atom. The van der Waals surface area contributed by atoms with Gasteiger partial charge in [-0.3, -0.25) is 4.79 Å². The zero-order valence-corrected chi connectivity index (χ0v) is 22.9. The van der Waals surface area contributed by atoms with Crippen LogP contribution < -0.4 is 14.8 Å². The number of esters is 1. The number of methoxy groups -OCH3 is 1. The molecule has 1 N–H and O–H groups in total. The lowest BCUT2D eigenvalue weighted by atomic mass is 10.1. The van der Waals surface area contributed by atoms with E-state index >= 15 is 0 Å². The van der Waals surface area contributed by atoms with Gasteiger partial charge in [-0.25, -0.2) is 4.79 Å². The van der Waals surface area contributed by atoms with E-state index in [9.17, 15) is 14.9 Å². The minimum absolute atomic E-state index is 0.114. The van der Waals surface area contributed by atoms with Crippen LogP contribution in [0.25, 0.3) is 16.8 Å². The number of carbonyl (C=O) groups is 2. The summed E-state index contributed by atoms with van der Waals surface area (Å²) in [5, 5.41) is 14.6. The van der Waals surface area contributed by atoms with Gasteiger partial charge in [0.2, 0.25) is 0 Å². The van der Waals surface area contributed by atoms with E-state index in [0.29, 0.717) is 39.4 Å². The van der Waals surface area contributed by atoms with Crippen LogP contribution in [0.3, 0.4) is 0 Å². The molecule has 0 bridgehead atoms. The number of rotatable bonds is 9. The number of carbonyl (C=O) groups excluding carboxylic acids is 2. The highest BCUT2D eigenvalue weighted by molar-refractivity contribution is 9.10. The lowest BCUT2D eigenvalue weighted by Gasteiger charge is -2.14. The summed E-state index contributed by atoms with van der Waals surface area (Å²) in [7, 11) is 1.53. The Morgan fingerprint density at radius 2 is 1.74 bits per heavy atom. The van der Waals surface area contributed by atoms with E-state index in [-0.39, 0.29) is 12.2 Å². The minimum Gasteiger partial charge on any atom is -0.493 e. The predicted molar refractivity (Wildman–Crippen MR) is 154 cm³/mol. The van der Waals surface area contributed by atoms with Crippen molar-refractivity contribution in [3.8, 4) is 17.6 Å². The summed E-state index contributed by atoms with van der Waals surface area (Å²) in [6.07, 6.45) is 1.46. The zero-order valence-electron chi connectivity index (χ0n) is 21.4. The number of ether oxygens (including phenoxy) is 3. The van der Waals surface area contributed by atoms with Gasteiger partial charge >= 0.3 is 5.97 Å². The van der Waals surface area contributed by atoms with Crippen LogP contribution in [-0.2, 0) is 16.1 Å². The molecular formula is C31H25BrN2O5. The average Bonchev–Trinajstić information content (AvgIpc) is 2.95. The summed E-state index contributed by atoms with van der Waals surface area (Å²) in [6, 6.07) is 25.8. The summed E-state index contributed by atoms with van der Waals surface area (Å²) in [4.78, 5) is 24.6. The fourth-order valence-electron chi connectivity index (χ4n) is 3.91. The van der Waals surface area contributed by atoms with E-state index in [2.05, 4.69) is 39.4 Å². The number of hydrogen-bond acceptors (Lipinski definition) is 6. The number of halogens is 1. The molecule has 0 aliphatic rings. The molecule has 0 atom stereocenters. The van der Waals surface area contributed by atoms with Gasteiger partial charge in [0, 0.05) is 10.2 Å². The molecule has 0 spiro atoms. The first-order valence-electron chi connectivity index (χ1n) is 12.1. The van der Waals surface area contributed by atoms with E-state index in [4.69, 9.17) is 14.2 Å². The van der Waals surface area contributed by atoms with Crippen molar-refractivity contribution in [1.82, 2.24) is 0 Å². The molecule has 0 unspecified atom stereocenters. The van der Waals surface area contributed by atoms with Crippen molar-refractivity contribution < 1.29 is 23.8 Å². The second-order valence-corrected chi connectivity index (χ2v) is 9.23. The Bertz CT molecular complexity index is 1580. The molecule has 7 nitrogen and oxygen atoms in total. The highest BCUT2D eigenvalue weighted by atomic mass is 79.9. The van der Waals surface area contributed by atoms with Crippen LogP contribution in [0.5, 0.6) is 11.5 Å². The second-order valence-electron chi connectivity index (χ2n) is 8.37.